The Morgan fingerprint density at radius 3 is 3.06 bits per heavy atom. The highest BCUT2D eigenvalue weighted by molar-refractivity contribution is 5.48. The summed E-state index contributed by atoms with van der Waals surface area (Å²) >= 11 is 0. The van der Waals surface area contributed by atoms with Gasteiger partial charge < -0.3 is 15.0 Å². The summed E-state index contributed by atoms with van der Waals surface area (Å²) in [5, 5.41) is 4.13. The van der Waals surface area contributed by atoms with Gasteiger partial charge in [-0.1, -0.05) is 23.4 Å². The van der Waals surface area contributed by atoms with Gasteiger partial charge in [0.2, 0.25) is 5.88 Å². The number of anilines is 1. The lowest BCUT2D eigenvalue weighted by Gasteiger charge is -2.22. The molecule has 4 nitrogen and oxygen atoms in total. The molecule has 2 N–H and O–H groups in total. The van der Waals surface area contributed by atoms with Crippen LogP contribution in [0.4, 0.5) is 5.88 Å². The van der Waals surface area contributed by atoms with E-state index in [1.54, 1.807) is 7.11 Å². The molecule has 18 heavy (non-hydrogen) atoms. The van der Waals surface area contributed by atoms with Gasteiger partial charge in [-0.3, -0.25) is 0 Å². The number of hydrogen-bond donors (Lipinski definition) is 1. The van der Waals surface area contributed by atoms with Gasteiger partial charge in [-0.25, -0.2) is 0 Å². The number of aromatic nitrogens is 1. The fraction of sp³-hybridized carbons (Fsp3) is 0.357. The molecule has 0 spiro atoms. The van der Waals surface area contributed by atoms with Crippen LogP contribution in [0.1, 0.15) is 35.6 Å². The second kappa shape index (κ2) is 4.37. The third kappa shape index (κ3) is 1.65. The van der Waals surface area contributed by atoms with Crippen LogP contribution >= 0.6 is 0 Å². The molecule has 0 fully saturated rings. The van der Waals surface area contributed by atoms with E-state index in [0.717, 1.165) is 41.8 Å². The summed E-state index contributed by atoms with van der Waals surface area (Å²) in [5.41, 5.74) is 9.02. The average Bonchev–Trinajstić information content (AvgIpc) is 2.81. The molecule has 2 aromatic rings. The molecule has 4 heteroatoms. The molecular weight excluding hydrogens is 228 g/mol. The Kier molecular flexibility index (Phi) is 2.70. The molecule has 1 aromatic carbocycles. The molecule has 1 aliphatic carbocycles. The summed E-state index contributed by atoms with van der Waals surface area (Å²) in [4.78, 5) is 0. The lowest BCUT2D eigenvalue weighted by atomic mass is 9.82. The molecule has 0 bridgehead atoms. The molecule has 0 amide bonds. The predicted octanol–water partition coefficient (Wildman–Crippen LogP) is 2.73. The molecule has 0 saturated carbocycles. The minimum Gasteiger partial charge on any atom is -0.496 e. The molecule has 3 rings (SSSR count). The zero-order chi connectivity index (χ0) is 12.5. The number of benzene rings is 1. The van der Waals surface area contributed by atoms with Crippen LogP contribution in [0.15, 0.2) is 28.8 Å². The summed E-state index contributed by atoms with van der Waals surface area (Å²) in [6, 6.07) is 8.06. The predicted molar refractivity (Wildman–Crippen MR) is 68.7 cm³/mol. The van der Waals surface area contributed by atoms with E-state index in [0.29, 0.717) is 5.88 Å². The van der Waals surface area contributed by atoms with Crippen molar-refractivity contribution in [1.29, 1.82) is 0 Å². The summed E-state index contributed by atoms with van der Waals surface area (Å²) in [7, 11) is 1.69. The maximum Gasteiger partial charge on any atom is 0.225 e. The molecule has 94 valence electrons. The number of ether oxygens (including phenoxy) is 1. The van der Waals surface area contributed by atoms with Crippen molar-refractivity contribution in [2.24, 2.45) is 0 Å². The van der Waals surface area contributed by atoms with Crippen LogP contribution in [0.5, 0.6) is 5.75 Å². The van der Waals surface area contributed by atoms with E-state index >= 15 is 0 Å². The van der Waals surface area contributed by atoms with E-state index < -0.39 is 0 Å². The maximum absolute atomic E-state index is 5.81. The number of methoxy groups -OCH3 is 1. The molecule has 1 aromatic heterocycles. The van der Waals surface area contributed by atoms with Gasteiger partial charge in [-0.05, 0) is 25.3 Å². The maximum atomic E-state index is 5.81. The van der Waals surface area contributed by atoms with E-state index in [1.165, 1.54) is 0 Å². The van der Waals surface area contributed by atoms with E-state index in [1.807, 2.05) is 18.2 Å². The number of hydrogen-bond acceptors (Lipinski definition) is 4. The highest BCUT2D eigenvalue weighted by Gasteiger charge is 2.29. The van der Waals surface area contributed by atoms with Crippen molar-refractivity contribution in [3.63, 3.8) is 0 Å². The monoisotopic (exact) mass is 244 g/mol. The van der Waals surface area contributed by atoms with Gasteiger partial charge in [-0.15, -0.1) is 0 Å². The minimum absolute atomic E-state index is 0.228. The summed E-state index contributed by atoms with van der Waals surface area (Å²) < 4.78 is 10.6. The number of para-hydroxylation sites is 1. The van der Waals surface area contributed by atoms with Crippen LogP contribution < -0.4 is 10.5 Å². The van der Waals surface area contributed by atoms with E-state index in [4.69, 9.17) is 15.0 Å². The number of rotatable bonds is 2. The second-order valence-corrected chi connectivity index (χ2v) is 4.60. The zero-order valence-electron chi connectivity index (χ0n) is 10.3. The first-order valence-electron chi connectivity index (χ1n) is 6.18. The van der Waals surface area contributed by atoms with Crippen molar-refractivity contribution in [3.8, 4) is 5.75 Å². The highest BCUT2D eigenvalue weighted by Crippen LogP contribution is 2.41. The number of nitrogens with zero attached hydrogens (tertiary/aromatic N) is 1. The van der Waals surface area contributed by atoms with Gasteiger partial charge >= 0.3 is 0 Å². The average molecular weight is 244 g/mol. The van der Waals surface area contributed by atoms with Crippen LogP contribution in [0.2, 0.25) is 0 Å². The Labute approximate surface area is 106 Å². The number of nitrogen functional groups attached to an aromatic ring is 1. The summed E-state index contributed by atoms with van der Waals surface area (Å²) in [5.74, 6) is 1.59. The third-order valence-electron chi connectivity index (χ3n) is 3.61. The molecule has 0 aliphatic heterocycles. The molecule has 0 saturated heterocycles. The quantitative estimate of drug-likeness (QED) is 0.882. The molecule has 1 aliphatic rings. The topological polar surface area (TPSA) is 61.3 Å². The standard InChI is InChI=1S/C14H16N2O2/c1-17-12-8-3-2-5-9(12)10-6-4-7-11-13(10)16-18-14(11)15/h2-3,5,8,10H,4,6-7,15H2,1H3. The fourth-order valence-corrected chi connectivity index (χ4v) is 2.74. The van der Waals surface area contributed by atoms with E-state index in [2.05, 4.69) is 11.2 Å². The number of nitrogens with two attached hydrogens (primary N) is 1. The van der Waals surface area contributed by atoms with Crippen molar-refractivity contribution in [2.45, 2.75) is 25.2 Å². The highest BCUT2D eigenvalue weighted by atomic mass is 16.5. The Bertz CT molecular complexity index is 563. The summed E-state index contributed by atoms with van der Waals surface area (Å²) in [6.07, 6.45) is 3.11. The minimum atomic E-state index is 0.228. The van der Waals surface area contributed by atoms with Crippen LogP contribution in [-0.2, 0) is 6.42 Å². The lowest BCUT2D eigenvalue weighted by molar-refractivity contribution is 0.399. The Morgan fingerprint density at radius 2 is 2.22 bits per heavy atom. The zero-order valence-corrected chi connectivity index (χ0v) is 10.3. The van der Waals surface area contributed by atoms with Crippen LogP contribution in [0.3, 0.4) is 0 Å². The van der Waals surface area contributed by atoms with Gasteiger partial charge in [0.15, 0.2) is 0 Å². The Hall–Kier alpha value is -1.97. The lowest BCUT2D eigenvalue weighted by Crippen LogP contribution is -2.12. The molecular formula is C14H16N2O2. The Morgan fingerprint density at radius 1 is 1.39 bits per heavy atom. The largest absolute Gasteiger partial charge is 0.496 e. The van der Waals surface area contributed by atoms with Gasteiger partial charge in [-0.2, -0.15) is 0 Å². The first-order chi connectivity index (χ1) is 8.81. The van der Waals surface area contributed by atoms with Gasteiger partial charge in [0.1, 0.15) is 5.75 Å². The van der Waals surface area contributed by atoms with Gasteiger partial charge in [0.05, 0.1) is 12.8 Å². The van der Waals surface area contributed by atoms with Gasteiger partial charge in [0.25, 0.3) is 0 Å². The van der Waals surface area contributed by atoms with Crippen LogP contribution in [0, 0.1) is 0 Å². The van der Waals surface area contributed by atoms with Crippen molar-refractivity contribution < 1.29 is 9.26 Å². The SMILES string of the molecule is COc1ccccc1C1CCCc2c1noc2N. The van der Waals surface area contributed by atoms with Crippen LogP contribution in [-0.4, -0.2) is 12.3 Å². The van der Waals surface area contributed by atoms with Crippen molar-refractivity contribution in [1.82, 2.24) is 5.16 Å². The second-order valence-electron chi connectivity index (χ2n) is 4.60. The summed E-state index contributed by atoms with van der Waals surface area (Å²) in [6.45, 7) is 0. The van der Waals surface area contributed by atoms with Crippen molar-refractivity contribution >= 4 is 5.88 Å². The molecule has 1 atom stereocenters. The first-order valence-corrected chi connectivity index (χ1v) is 6.18. The van der Waals surface area contributed by atoms with Crippen LogP contribution in [0.25, 0.3) is 0 Å². The molecule has 0 radical (unpaired) electrons. The van der Waals surface area contributed by atoms with E-state index in [9.17, 15) is 0 Å². The molecule has 1 unspecified atom stereocenters. The smallest absolute Gasteiger partial charge is 0.225 e. The first kappa shape index (κ1) is 11.1. The fourth-order valence-electron chi connectivity index (χ4n) is 2.74. The normalized spacial score (nSPS) is 18.4. The molecule has 1 heterocycles. The number of fused-ring (bicyclic) bond motifs is 1. The Balaban J connectivity index is 2.08. The van der Waals surface area contributed by atoms with Gasteiger partial charge in [0, 0.05) is 17.0 Å². The van der Waals surface area contributed by atoms with E-state index in [-0.39, 0.29) is 5.92 Å². The van der Waals surface area contributed by atoms with Crippen molar-refractivity contribution in [2.75, 3.05) is 12.8 Å². The van der Waals surface area contributed by atoms with Crippen molar-refractivity contribution in [3.05, 3.63) is 41.1 Å². The third-order valence-corrected chi connectivity index (χ3v) is 3.61.